The largest absolute Gasteiger partial charge is 0.465 e. The summed E-state index contributed by atoms with van der Waals surface area (Å²) in [7, 11) is 0. The highest BCUT2D eigenvalue weighted by atomic mass is 19.4. The molecular weight excluding hydrogens is 405 g/mol. The van der Waals surface area contributed by atoms with E-state index in [9.17, 15) is 23.1 Å². The van der Waals surface area contributed by atoms with Gasteiger partial charge in [0.25, 0.3) is 0 Å². The summed E-state index contributed by atoms with van der Waals surface area (Å²) in [4.78, 5) is 26.3. The first-order chi connectivity index (χ1) is 14.1. The zero-order valence-corrected chi connectivity index (χ0v) is 16.6. The second-order valence-corrected chi connectivity index (χ2v) is 7.54. The van der Waals surface area contributed by atoms with Crippen molar-refractivity contribution in [1.82, 2.24) is 25.0 Å². The summed E-state index contributed by atoms with van der Waals surface area (Å²) in [6.45, 7) is 4.97. The number of anilines is 1. The van der Waals surface area contributed by atoms with Crippen molar-refractivity contribution < 1.29 is 27.6 Å². The van der Waals surface area contributed by atoms with E-state index in [-0.39, 0.29) is 30.9 Å². The van der Waals surface area contributed by atoms with Gasteiger partial charge in [0.1, 0.15) is 5.69 Å². The third kappa shape index (κ3) is 5.36. The third-order valence-corrected chi connectivity index (χ3v) is 4.89. The number of amides is 1. The van der Waals surface area contributed by atoms with E-state index in [1.165, 1.54) is 4.90 Å². The van der Waals surface area contributed by atoms with Crippen molar-refractivity contribution in [2.45, 2.75) is 45.3 Å². The van der Waals surface area contributed by atoms with Crippen LogP contribution >= 0.6 is 0 Å². The maximum Gasteiger partial charge on any atom is 0.433 e. The van der Waals surface area contributed by atoms with Crippen LogP contribution < -0.4 is 4.90 Å². The van der Waals surface area contributed by atoms with E-state index in [1.54, 1.807) is 4.90 Å². The van der Waals surface area contributed by atoms with E-state index in [0.29, 0.717) is 37.6 Å². The molecule has 0 saturated carbocycles. The van der Waals surface area contributed by atoms with Crippen LogP contribution in [0, 0.1) is 5.92 Å². The molecule has 1 amide bonds. The molecule has 3 heterocycles. The molecule has 3 rings (SSSR count). The van der Waals surface area contributed by atoms with Gasteiger partial charge in [0.2, 0.25) is 11.8 Å². The van der Waals surface area contributed by atoms with Gasteiger partial charge in [-0.2, -0.15) is 18.2 Å². The van der Waals surface area contributed by atoms with Gasteiger partial charge in [0, 0.05) is 31.7 Å². The lowest BCUT2D eigenvalue weighted by atomic mass is 9.96. The number of alkyl halides is 3. The highest BCUT2D eigenvalue weighted by Gasteiger charge is 2.34. The van der Waals surface area contributed by atoms with Gasteiger partial charge in [0.05, 0.1) is 6.54 Å². The molecule has 0 radical (unpaired) electrons. The van der Waals surface area contributed by atoms with Gasteiger partial charge in [0.15, 0.2) is 5.82 Å². The summed E-state index contributed by atoms with van der Waals surface area (Å²) in [6.07, 6.45) is -3.31. The normalized spacial score (nSPS) is 15.6. The van der Waals surface area contributed by atoms with Crippen LogP contribution in [0.15, 0.2) is 16.8 Å². The molecule has 12 heteroatoms. The van der Waals surface area contributed by atoms with Crippen LogP contribution in [0.2, 0.25) is 0 Å². The Morgan fingerprint density at radius 1 is 1.33 bits per heavy atom. The summed E-state index contributed by atoms with van der Waals surface area (Å²) in [5.41, 5.74) is -0.979. The standard InChI is InChI=1S/C18H23F3N6O3/c1-11(2)15-24-14(25-30-15)10-27(17(28)29)9-12-4-7-26(8-5-12)16-22-6-3-13(23-16)18(19,20)21/h3,6,11-12H,4-5,7-10H2,1-2H3,(H,28,29). The number of carboxylic acid groups (broad SMARTS) is 1. The lowest BCUT2D eigenvalue weighted by molar-refractivity contribution is -0.141. The first-order valence-corrected chi connectivity index (χ1v) is 9.59. The van der Waals surface area contributed by atoms with E-state index in [0.717, 1.165) is 12.3 Å². The van der Waals surface area contributed by atoms with Gasteiger partial charge in [-0.15, -0.1) is 0 Å². The molecule has 1 N–H and O–H groups in total. The van der Waals surface area contributed by atoms with E-state index in [2.05, 4.69) is 20.1 Å². The minimum absolute atomic E-state index is 0.0164. The van der Waals surface area contributed by atoms with Crippen molar-refractivity contribution >= 4 is 12.0 Å². The molecule has 0 aliphatic carbocycles. The highest BCUT2D eigenvalue weighted by Crippen LogP contribution is 2.29. The van der Waals surface area contributed by atoms with Gasteiger partial charge in [-0.1, -0.05) is 19.0 Å². The molecule has 1 saturated heterocycles. The number of carbonyl (C=O) groups is 1. The Kier molecular flexibility index (Phi) is 6.42. The molecule has 0 aromatic carbocycles. The fourth-order valence-corrected chi connectivity index (χ4v) is 3.23. The summed E-state index contributed by atoms with van der Waals surface area (Å²) in [5.74, 6) is 0.888. The number of hydrogen-bond acceptors (Lipinski definition) is 7. The van der Waals surface area contributed by atoms with Gasteiger partial charge in [-0.05, 0) is 24.8 Å². The minimum Gasteiger partial charge on any atom is -0.465 e. The predicted molar refractivity (Wildman–Crippen MR) is 98.8 cm³/mol. The Morgan fingerprint density at radius 3 is 2.60 bits per heavy atom. The average molecular weight is 428 g/mol. The molecule has 9 nitrogen and oxygen atoms in total. The van der Waals surface area contributed by atoms with Crippen LogP contribution in [-0.4, -0.2) is 55.8 Å². The quantitative estimate of drug-likeness (QED) is 0.746. The smallest absolute Gasteiger partial charge is 0.433 e. The zero-order chi connectivity index (χ0) is 21.9. The van der Waals surface area contributed by atoms with E-state index >= 15 is 0 Å². The number of piperidine rings is 1. The van der Waals surface area contributed by atoms with Crippen molar-refractivity contribution in [3.63, 3.8) is 0 Å². The Morgan fingerprint density at radius 2 is 2.03 bits per heavy atom. The fourth-order valence-electron chi connectivity index (χ4n) is 3.23. The van der Waals surface area contributed by atoms with Gasteiger partial charge in [-0.25, -0.2) is 14.8 Å². The van der Waals surface area contributed by atoms with Crippen molar-refractivity contribution in [2.75, 3.05) is 24.5 Å². The molecule has 1 fully saturated rings. The molecule has 164 valence electrons. The summed E-state index contributed by atoms with van der Waals surface area (Å²) in [5, 5.41) is 13.3. The number of aromatic nitrogens is 4. The number of rotatable bonds is 6. The molecule has 30 heavy (non-hydrogen) atoms. The first kappa shape index (κ1) is 21.8. The van der Waals surface area contributed by atoms with E-state index in [1.807, 2.05) is 13.8 Å². The maximum atomic E-state index is 12.9. The van der Waals surface area contributed by atoms with Crippen molar-refractivity contribution in [1.29, 1.82) is 0 Å². The van der Waals surface area contributed by atoms with Crippen LogP contribution in [-0.2, 0) is 12.7 Å². The molecule has 2 aromatic rings. The lowest BCUT2D eigenvalue weighted by Crippen LogP contribution is -2.41. The van der Waals surface area contributed by atoms with Crippen LogP contribution in [0.4, 0.5) is 23.9 Å². The SMILES string of the molecule is CC(C)c1nc(CN(CC2CCN(c3nccc(C(F)(F)F)n3)CC2)C(=O)O)no1. The van der Waals surface area contributed by atoms with Gasteiger partial charge in [-0.3, -0.25) is 0 Å². The Bertz CT molecular complexity index is 865. The molecule has 1 aliphatic rings. The van der Waals surface area contributed by atoms with Crippen molar-refractivity contribution in [2.24, 2.45) is 5.92 Å². The van der Waals surface area contributed by atoms with Crippen LogP contribution in [0.3, 0.4) is 0 Å². The Hall–Kier alpha value is -2.92. The topological polar surface area (TPSA) is 108 Å². The first-order valence-electron chi connectivity index (χ1n) is 9.59. The van der Waals surface area contributed by atoms with Gasteiger partial charge < -0.3 is 19.4 Å². The second kappa shape index (κ2) is 8.84. The summed E-state index contributed by atoms with van der Waals surface area (Å²) in [6, 6.07) is 0.837. The number of hydrogen-bond donors (Lipinski definition) is 1. The number of halogens is 3. The molecule has 1 aliphatic heterocycles. The van der Waals surface area contributed by atoms with Gasteiger partial charge >= 0.3 is 12.3 Å². The molecule has 0 spiro atoms. The summed E-state index contributed by atoms with van der Waals surface area (Å²) < 4.78 is 43.7. The number of nitrogens with zero attached hydrogens (tertiary/aromatic N) is 6. The molecule has 2 aromatic heterocycles. The second-order valence-electron chi connectivity index (χ2n) is 7.54. The van der Waals surface area contributed by atoms with E-state index in [4.69, 9.17) is 4.52 Å². The Balaban J connectivity index is 1.57. The highest BCUT2D eigenvalue weighted by molar-refractivity contribution is 5.64. The average Bonchev–Trinajstić information content (AvgIpc) is 3.16. The van der Waals surface area contributed by atoms with E-state index < -0.39 is 18.0 Å². The van der Waals surface area contributed by atoms with Crippen LogP contribution in [0.1, 0.15) is 50.0 Å². The molecule has 0 bridgehead atoms. The van der Waals surface area contributed by atoms with Crippen molar-refractivity contribution in [3.8, 4) is 0 Å². The molecular formula is C18H23F3N6O3. The molecule has 0 atom stereocenters. The Labute approximate surface area is 170 Å². The zero-order valence-electron chi connectivity index (χ0n) is 16.6. The van der Waals surface area contributed by atoms with Crippen LogP contribution in [0.5, 0.6) is 0 Å². The summed E-state index contributed by atoms with van der Waals surface area (Å²) >= 11 is 0. The fraction of sp³-hybridized carbons (Fsp3) is 0.611. The van der Waals surface area contributed by atoms with Crippen LogP contribution in [0.25, 0.3) is 0 Å². The van der Waals surface area contributed by atoms with Crippen molar-refractivity contribution in [3.05, 3.63) is 29.7 Å². The third-order valence-electron chi connectivity index (χ3n) is 4.89. The predicted octanol–water partition coefficient (Wildman–Crippen LogP) is 3.40. The molecule has 0 unspecified atom stereocenters. The minimum atomic E-state index is -4.53. The monoisotopic (exact) mass is 428 g/mol. The maximum absolute atomic E-state index is 12.9. The lowest BCUT2D eigenvalue weighted by Gasteiger charge is -2.34.